The van der Waals surface area contributed by atoms with Gasteiger partial charge in [0.15, 0.2) is 0 Å². The maximum atomic E-state index is 9.25. The van der Waals surface area contributed by atoms with Crippen LogP contribution in [0.3, 0.4) is 0 Å². The van der Waals surface area contributed by atoms with E-state index in [1.54, 1.807) is 48.5 Å². The van der Waals surface area contributed by atoms with Crippen molar-refractivity contribution < 1.29 is 10.2 Å². The molecule has 0 aliphatic carbocycles. The van der Waals surface area contributed by atoms with Crippen LogP contribution in [0.5, 0.6) is 11.5 Å². The van der Waals surface area contributed by atoms with Crippen LogP contribution in [0.25, 0.3) is 0 Å². The van der Waals surface area contributed by atoms with Crippen LogP contribution in [0.15, 0.2) is 48.5 Å². The van der Waals surface area contributed by atoms with Gasteiger partial charge in [-0.25, -0.2) is 0 Å². The molecule has 0 bridgehead atoms. The van der Waals surface area contributed by atoms with E-state index in [9.17, 15) is 10.2 Å². The molecule has 0 spiro atoms. The number of aromatic hydroxyl groups is 2. The fourth-order valence-electron chi connectivity index (χ4n) is 1.37. The molecule has 2 N–H and O–H groups in total. The van der Waals surface area contributed by atoms with Crippen molar-refractivity contribution >= 4 is 0 Å². The number of rotatable bonds is 0. The van der Waals surface area contributed by atoms with Gasteiger partial charge in [0.2, 0.25) is 0 Å². The Labute approximate surface area is 106 Å². The molecular formula is C16H10O2. The third-order valence-corrected chi connectivity index (χ3v) is 2.17. The highest BCUT2D eigenvalue weighted by Crippen LogP contribution is 2.10. The summed E-state index contributed by atoms with van der Waals surface area (Å²) in [5.41, 5.74) is 1.42. The van der Waals surface area contributed by atoms with Gasteiger partial charge in [-0.1, -0.05) is 24.0 Å². The first-order valence-electron chi connectivity index (χ1n) is 5.34. The van der Waals surface area contributed by atoms with Gasteiger partial charge in [0, 0.05) is 11.1 Å². The van der Waals surface area contributed by atoms with Crippen LogP contribution in [0.4, 0.5) is 0 Å². The zero-order valence-electron chi connectivity index (χ0n) is 9.51. The molecule has 18 heavy (non-hydrogen) atoms. The zero-order valence-corrected chi connectivity index (χ0v) is 9.51. The molecular weight excluding hydrogens is 224 g/mol. The summed E-state index contributed by atoms with van der Waals surface area (Å²) in [6.07, 6.45) is 0. The lowest BCUT2D eigenvalue weighted by Gasteiger charge is -1.90. The second-order valence-corrected chi connectivity index (χ2v) is 3.60. The average molecular weight is 234 g/mol. The summed E-state index contributed by atoms with van der Waals surface area (Å²) in [7, 11) is 0. The minimum Gasteiger partial charge on any atom is -0.508 e. The Kier molecular flexibility index (Phi) is 3.54. The van der Waals surface area contributed by atoms with Crippen molar-refractivity contribution in [3.63, 3.8) is 0 Å². The molecule has 86 valence electrons. The van der Waals surface area contributed by atoms with Crippen LogP contribution in [0, 0.1) is 23.7 Å². The summed E-state index contributed by atoms with van der Waals surface area (Å²) in [4.78, 5) is 0. The molecule has 0 saturated heterocycles. The van der Waals surface area contributed by atoms with E-state index in [0.717, 1.165) is 0 Å². The van der Waals surface area contributed by atoms with Crippen molar-refractivity contribution in [2.45, 2.75) is 0 Å². The van der Waals surface area contributed by atoms with E-state index in [1.165, 1.54) is 0 Å². The van der Waals surface area contributed by atoms with E-state index in [4.69, 9.17) is 0 Å². The molecule has 0 radical (unpaired) electrons. The lowest BCUT2D eigenvalue weighted by Crippen LogP contribution is -1.73. The van der Waals surface area contributed by atoms with E-state index < -0.39 is 0 Å². The van der Waals surface area contributed by atoms with Crippen LogP contribution in [-0.4, -0.2) is 10.2 Å². The predicted molar refractivity (Wildman–Crippen MR) is 70.0 cm³/mol. The van der Waals surface area contributed by atoms with E-state index in [2.05, 4.69) is 23.7 Å². The topological polar surface area (TPSA) is 40.5 Å². The number of benzene rings is 2. The Morgan fingerprint density at radius 3 is 1.50 bits per heavy atom. The lowest BCUT2D eigenvalue weighted by molar-refractivity contribution is 0.474. The van der Waals surface area contributed by atoms with E-state index >= 15 is 0 Å². The Bertz CT molecular complexity index is 618. The monoisotopic (exact) mass is 234 g/mol. The van der Waals surface area contributed by atoms with Gasteiger partial charge in [0.05, 0.1) is 0 Å². The Morgan fingerprint density at radius 1 is 0.667 bits per heavy atom. The summed E-state index contributed by atoms with van der Waals surface area (Å²) in [6, 6.07) is 13.4. The van der Waals surface area contributed by atoms with Crippen molar-refractivity contribution in [1.82, 2.24) is 0 Å². The smallest absolute Gasteiger partial charge is 0.116 e. The zero-order chi connectivity index (χ0) is 12.8. The van der Waals surface area contributed by atoms with Gasteiger partial charge in [-0.2, -0.15) is 0 Å². The van der Waals surface area contributed by atoms with Crippen LogP contribution in [0.2, 0.25) is 0 Å². The maximum Gasteiger partial charge on any atom is 0.116 e. The third kappa shape index (κ3) is 3.33. The summed E-state index contributed by atoms with van der Waals surface area (Å²) in [5.74, 6) is 11.4. The standard InChI is InChI=1S/C16H10O2/c17-15-9-3-7-13(11-15)5-1-2-6-14-8-4-10-16(18)12-14/h3-4,7-12,17-18H. The second kappa shape index (κ2) is 5.48. The van der Waals surface area contributed by atoms with Crippen molar-refractivity contribution in [2.24, 2.45) is 0 Å². The highest BCUT2D eigenvalue weighted by Gasteiger charge is 1.88. The van der Waals surface area contributed by atoms with Gasteiger partial charge < -0.3 is 10.2 Å². The minimum atomic E-state index is 0.183. The van der Waals surface area contributed by atoms with Crippen LogP contribution in [-0.2, 0) is 0 Å². The Hall–Kier alpha value is -2.84. The van der Waals surface area contributed by atoms with E-state index in [0.29, 0.717) is 11.1 Å². The molecule has 2 rings (SSSR count). The van der Waals surface area contributed by atoms with Crippen LogP contribution < -0.4 is 0 Å². The van der Waals surface area contributed by atoms with Crippen molar-refractivity contribution in [1.29, 1.82) is 0 Å². The molecule has 2 aromatic rings. The first-order valence-corrected chi connectivity index (χ1v) is 5.34. The Morgan fingerprint density at radius 2 is 1.11 bits per heavy atom. The van der Waals surface area contributed by atoms with Crippen LogP contribution in [0.1, 0.15) is 11.1 Å². The molecule has 2 heteroatoms. The fourth-order valence-corrected chi connectivity index (χ4v) is 1.37. The highest BCUT2D eigenvalue weighted by atomic mass is 16.3. The van der Waals surface area contributed by atoms with Gasteiger partial charge in [-0.05, 0) is 48.2 Å². The van der Waals surface area contributed by atoms with Gasteiger partial charge in [0.25, 0.3) is 0 Å². The van der Waals surface area contributed by atoms with Gasteiger partial charge >= 0.3 is 0 Å². The fraction of sp³-hybridized carbons (Fsp3) is 0. The molecule has 2 aromatic carbocycles. The molecule has 2 nitrogen and oxygen atoms in total. The predicted octanol–water partition coefficient (Wildman–Crippen LogP) is 2.50. The summed E-state index contributed by atoms with van der Waals surface area (Å²) >= 11 is 0. The minimum absolute atomic E-state index is 0.183. The number of hydrogen-bond acceptors (Lipinski definition) is 2. The first kappa shape index (κ1) is 11.6. The summed E-state index contributed by atoms with van der Waals surface area (Å²) in [6.45, 7) is 0. The number of hydrogen-bond donors (Lipinski definition) is 2. The molecule has 0 fully saturated rings. The molecule has 0 atom stereocenters. The van der Waals surface area contributed by atoms with Gasteiger partial charge in [0.1, 0.15) is 11.5 Å². The lowest BCUT2D eigenvalue weighted by atomic mass is 10.2. The molecule has 0 aliphatic heterocycles. The normalized spacial score (nSPS) is 8.67. The van der Waals surface area contributed by atoms with Gasteiger partial charge in [-0.3, -0.25) is 0 Å². The third-order valence-electron chi connectivity index (χ3n) is 2.17. The van der Waals surface area contributed by atoms with E-state index in [1.807, 2.05) is 0 Å². The number of phenolic OH excluding ortho intramolecular Hbond substituents is 2. The Balaban J connectivity index is 2.14. The maximum absolute atomic E-state index is 9.25. The number of phenols is 2. The van der Waals surface area contributed by atoms with Crippen molar-refractivity contribution in [3.8, 4) is 35.2 Å². The van der Waals surface area contributed by atoms with Crippen molar-refractivity contribution in [2.75, 3.05) is 0 Å². The quantitative estimate of drug-likeness (QED) is 0.687. The molecule has 0 heterocycles. The second-order valence-electron chi connectivity index (χ2n) is 3.60. The van der Waals surface area contributed by atoms with Gasteiger partial charge in [-0.15, -0.1) is 0 Å². The molecule has 0 saturated carbocycles. The van der Waals surface area contributed by atoms with Crippen LogP contribution >= 0.6 is 0 Å². The largest absolute Gasteiger partial charge is 0.508 e. The highest BCUT2D eigenvalue weighted by molar-refractivity contribution is 5.46. The molecule has 0 unspecified atom stereocenters. The average Bonchev–Trinajstić information content (AvgIpc) is 2.35. The molecule has 0 amide bonds. The van der Waals surface area contributed by atoms with E-state index in [-0.39, 0.29) is 11.5 Å². The molecule has 0 aliphatic rings. The summed E-state index contributed by atoms with van der Waals surface area (Å²) < 4.78 is 0. The first-order chi connectivity index (χ1) is 8.74. The summed E-state index contributed by atoms with van der Waals surface area (Å²) in [5, 5.41) is 18.5. The SMILES string of the molecule is Oc1cccc(C#CC#Cc2cccc(O)c2)c1. The molecule has 0 aromatic heterocycles. The van der Waals surface area contributed by atoms with Crippen molar-refractivity contribution in [3.05, 3.63) is 59.7 Å².